The van der Waals surface area contributed by atoms with Gasteiger partial charge in [0.2, 0.25) is 0 Å². The van der Waals surface area contributed by atoms with Crippen molar-refractivity contribution in [2.75, 3.05) is 26.2 Å². The third-order valence-corrected chi connectivity index (χ3v) is 5.58. The van der Waals surface area contributed by atoms with E-state index in [-0.39, 0.29) is 6.61 Å². The predicted molar refractivity (Wildman–Crippen MR) is 111 cm³/mol. The normalized spacial score (nSPS) is 13.9. The molecule has 0 aliphatic carbocycles. The summed E-state index contributed by atoms with van der Waals surface area (Å²) in [5.41, 5.74) is -0.958. The number of carboxylic acid groups (broad SMARTS) is 1. The molecule has 0 rings (SSSR count). The Morgan fingerprint density at radius 2 is 1.23 bits per heavy atom. The molecule has 0 saturated heterocycles. The molecule has 2 N–H and O–H groups in total. The summed E-state index contributed by atoms with van der Waals surface area (Å²) in [7, 11) is 0. The predicted octanol–water partition coefficient (Wildman–Crippen LogP) is 5.48. The Labute approximate surface area is 162 Å². The first-order valence-electron chi connectivity index (χ1n) is 11.1. The van der Waals surface area contributed by atoms with E-state index in [0.29, 0.717) is 12.8 Å². The second-order valence-corrected chi connectivity index (χ2v) is 7.91. The number of aliphatic hydroxyl groups is 1. The summed E-state index contributed by atoms with van der Waals surface area (Å²) in [5, 5.41) is 19.6. The number of aliphatic carboxylic acids is 1. The highest BCUT2D eigenvalue weighted by Crippen LogP contribution is 2.30. The van der Waals surface area contributed by atoms with E-state index in [1.807, 2.05) is 0 Å². The van der Waals surface area contributed by atoms with E-state index in [2.05, 4.69) is 25.7 Å². The summed E-state index contributed by atoms with van der Waals surface area (Å²) in [5.74, 6) is -0.826. The van der Waals surface area contributed by atoms with Gasteiger partial charge in [-0.05, 0) is 45.3 Å². The highest BCUT2D eigenvalue weighted by molar-refractivity contribution is 5.74. The molecule has 4 heteroatoms. The fraction of sp³-hybridized carbons (Fsp3) is 0.955. The first-order chi connectivity index (χ1) is 12.6. The van der Waals surface area contributed by atoms with Crippen LogP contribution in [0.15, 0.2) is 0 Å². The molecule has 0 aliphatic heterocycles. The number of aliphatic hydroxyl groups excluding tert-OH is 1. The highest BCUT2D eigenvalue weighted by Gasteiger charge is 2.37. The Kier molecular flexibility index (Phi) is 16.2. The van der Waals surface area contributed by atoms with Crippen LogP contribution in [0.5, 0.6) is 0 Å². The highest BCUT2D eigenvalue weighted by atomic mass is 16.4. The van der Waals surface area contributed by atoms with Gasteiger partial charge in [0.05, 0.1) is 12.0 Å². The Hall–Kier alpha value is -0.610. The van der Waals surface area contributed by atoms with Crippen LogP contribution in [0.1, 0.15) is 104 Å². The Bertz CT molecular complexity index is 323. The number of unbranched alkanes of at least 4 members (excludes halogenated alkanes) is 8. The van der Waals surface area contributed by atoms with Crippen LogP contribution in [0.25, 0.3) is 0 Å². The molecule has 0 spiro atoms. The minimum Gasteiger partial charge on any atom is -0.481 e. The minimum atomic E-state index is -0.958. The summed E-state index contributed by atoms with van der Waals surface area (Å²) < 4.78 is 0. The van der Waals surface area contributed by atoms with E-state index in [4.69, 9.17) is 0 Å². The zero-order valence-corrected chi connectivity index (χ0v) is 17.8. The molecule has 0 bridgehead atoms. The number of carbonyl (C=O) groups is 1. The van der Waals surface area contributed by atoms with Gasteiger partial charge >= 0.3 is 5.97 Å². The van der Waals surface area contributed by atoms with Crippen LogP contribution in [-0.2, 0) is 4.79 Å². The zero-order chi connectivity index (χ0) is 19.7. The zero-order valence-electron chi connectivity index (χ0n) is 17.8. The number of carboxylic acids is 1. The molecule has 0 radical (unpaired) electrons. The van der Waals surface area contributed by atoms with Crippen LogP contribution in [0.3, 0.4) is 0 Å². The second kappa shape index (κ2) is 16.6. The fourth-order valence-corrected chi connectivity index (χ4v) is 3.51. The van der Waals surface area contributed by atoms with E-state index in [9.17, 15) is 15.0 Å². The first kappa shape index (κ1) is 25.4. The van der Waals surface area contributed by atoms with Gasteiger partial charge in [-0.1, -0.05) is 78.6 Å². The Morgan fingerprint density at radius 3 is 1.65 bits per heavy atom. The topological polar surface area (TPSA) is 60.8 Å². The molecule has 26 heavy (non-hydrogen) atoms. The van der Waals surface area contributed by atoms with E-state index in [1.165, 1.54) is 51.4 Å². The molecule has 0 heterocycles. The summed E-state index contributed by atoms with van der Waals surface area (Å²) in [4.78, 5) is 14.3. The van der Waals surface area contributed by atoms with Gasteiger partial charge in [-0.25, -0.2) is 0 Å². The van der Waals surface area contributed by atoms with Crippen molar-refractivity contribution in [2.24, 2.45) is 5.41 Å². The number of hydrogen-bond acceptors (Lipinski definition) is 3. The molecule has 0 amide bonds. The van der Waals surface area contributed by atoms with E-state index in [1.54, 1.807) is 0 Å². The lowest BCUT2D eigenvalue weighted by atomic mass is 9.80. The van der Waals surface area contributed by atoms with Crippen LogP contribution < -0.4 is 0 Å². The average Bonchev–Trinajstić information content (AvgIpc) is 2.64. The molecule has 1 atom stereocenters. The van der Waals surface area contributed by atoms with Gasteiger partial charge < -0.3 is 15.1 Å². The summed E-state index contributed by atoms with van der Waals surface area (Å²) in [6.45, 7) is 9.23. The minimum absolute atomic E-state index is 0.244. The molecular formula is C22H45NO3. The van der Waals surface area contributed by atoms with Gasteiger partial charge in [-0.2, -0.15) is 0 Å². The van der Waals surface area contributed by atoms with Gasteiger partial charge in [0.25, 0.3) is 0 Å². The van der Waals surface area contributed by atoms with Crippen molar-refractivity contribution in [3.05, 3.63) is 0 Å². The maximum absolute atomic E-state index is 11.9. The van der Waals surface area contributed by atoms with Crippen LogP contribution >= 0.6 is 0 Å². The smallest absolute Gasteiger partial charge is 0.312 e. The van der Waals surface area contributed by atoms with E-state index < -0.39 is 11.4 Å². The first-order valence-corrected chi connectivity index (χ1v) is 11.1. The lowest BCUT2D eigenvalue weighted by Crippen LogP contribution is -2.39. The largest absolute Gasteiger partial charge is 0.481 e. The molecule has 0 fully saturated rings. The molecule has 1 unspecified atom stereocenters. The summed E-state index contributed by atoms with van der Waals surface area (Å²) >= 11 is 0. The molecule has 0 saturated carbocycles. The van der Waals surface area contributed by atoms with E-state index in [0.717, 1.165) is 38.9 Å². The average molecular weight is 372 g/mol. The van der Waals surface area contributed by atoms with Crippen molar-refractivity contribution in [1.82, 2.24) is 4.90 Å². The molecule has 0 aromatic heterocycles. The van der Waals surface area contributed by atoms with Crippen molar-refractivity contribution in [2.45, 2.75) is 104 Å². The standard InChI is InChI=1S/C22H45NO3/c1-4-7-10-13-17-23(18-14-11-8-5-2)19-16-22(20-24,21(25)26)15-12-9-6-3/h24H,4-20H2,1-3H3,(H,25,26). The third-order valence-electron chi connectivity index (χ3n) is 5.58. The Balaban J connectivity index is 4.64. The number of nitrogens with zero attached hydrogens (tertiary/aromatic N) is 1. The lowest BCUT2D eigenvalue weighted by Gasteiger charge is -2.31. The summed E-state index contributed by atoms with van der Waals surface area (Å²) in [6, 6.07) is 0. The van der Waals surface area contributed by atoms with Crippen LogP contribution in [-0.4, -0.2) is 47.3 Å². The van der Waals surface area contributed by atoms with Crippen LogP contribution in [0, 0.1) is 5.41 Å². The molecule has 0 aliphatic rings. The van der Waals surface area contributed by atoms with Crippen LogP contribution in [0.4, 0.5) is 0 Å². The molecular weight excluding hydrogens is 326 g/mol. The van der Waals surface area contributed by atoms with Crippen molar-refractivity contribution in [3.8, 4) is 0 Å². The number of rotatable bonds is 19. The maximum Gasteiger partial charge on any atom is 0.312 e. The molecule has 0 aromatic carbocycles. The SMILES string of the molecule is CCCCCCN(CCCCCC)CCC(CO)(CCCCC)C(=O)O. The van der Waals surface area contributed by atoms with Crippen molar-refractivity contribution < 1.29 is 15.0 Å². The van der Waals surface area contributed by atoms with Gasteiger partial charge in [-0.15, -0.1) is 0 Å². The van der Waals surface area contributed by atoms with Crippen molar-refractivity contribution >= 4 is 5.97 Å². The van der Waals surface area contributed by atoms with Crippen molar-refractivity contribution in [1.29, 1.82) is 0 Å². The van der Waals surface area contributed by atoms with Crippen LogP contribution in [0.2, 0.25) is 0 Å². The molecule has 4 nitrogen and oxygen atoms in total. The quantitative estimate of drug-likeness (QED) is 0.295. The monoisotopic (exact) mass is 371 g/mol. The van der Waals surface area contributed by atoms with Gasteiger partial charge in [-0.3, -0.25) is 4.79 Å². The third kappa shape index (κ3) is 11.2. The molecule has 156 valence electrons. The maximum atomic E-state index is 11.9. The van der Waals surface area contributed by atoms with E-state index >= 15 is 0 Å². The van der Waals surface area contributed by atoms with Crippen molar-refractivity contribution in [3.63, 3.8) is 0 Å². The lowest BCUT2D eigenvalue weighted by molar-refractivity contribution is -0.153. The fourth-order valence-electron chi connectivity index (χ4n) is 3.51. The summed E-state index contributed by atoms with van der Waals surface area (Å²) in [6.07, 6.45) is 14.0. The van der Waals surface area contributed by atoms with Gasteiger partial charge in [0.15, 0.2) is 0 Å². The Morgan fingerprint density at radius 1 is 0.731 bits per heavy atom. The molecule has 0 aromatic rings. The second-order valence-electron chi connectivity index (χ2n) is 7.91. The number of hydrogen-bond donors (Lipinski definition) is 2. The van der Waals surface area contributed by atoms with Gasteiger partial charge in [0.1, 0.15) is 0 Å². The van der Waals surface area contributed by atoms with Gasteiger partial charge in [0, 0.05) is 0 Å².